The van der Waals surface area contributed by atoms with Gasteiger partial charge in [-0.15, -0.1) is 0 Å². The molecule has 0 bridgehead atoms. The van der Waals surface area contributed by atoms with Crippen LogP contribution in [0.5, 0.6) is 11.8 Å². The normalized spacial score (nSPS) is 17.9. The molecule has 1 spiro atoms. The van der Waals surface area contributed by atoms with Gasteiger partial charge in [0, 0.05) is 74.1 Å². The number of aromatic nitrogens is 4. The van der Waals surface area contributed by atoms with Gasteiger partial charge in [-0.1, -0.05) is 39.1 Å². The number of H-pyrrole nitrogens is 1. The van der Waals surface area contributed by atoms with Crippen molar-refractivity contribution in [1.29, 1.82) is 0 Å². The third-order valence-electron chi connectivity index (χ3n) is 11.7. The van der Waals surface area contributed by atoms with Crippen LogP contribution in [0.4, 0.5) is 19.0 Å². The van der Waals surface area contributed by atoms with Crippen molar-refractivity contribution in [1.82, 2.24) is 34.9 Å². The summed E-state index contributed by atoms with van der Waals surface area (Å²) in [4.78, 5) is 31.0. The van der Waals surface area contributed by atoms with Crippen molar-refractivity contribution >= 4 is 39.6 Å². The fourth-order valence-corrected chi connectivity index (χ4v) is 8.47. The summed E-state index contributed by atoms with van der Waals surface area (Å²) in [6, 6.07) is 5.82. The van der Waals surface area contributed by atoms with E-state index >= 15 is 0 Å². The third-order valence-corrected chi connectivity index (χ3v) is 11.7. The molecule has 0 atom stereocenters. The molecule has 7 rings (SSSR count). The molecule has 0 saturated carbocycles. The Morgan fingerprint density at radius 1 is 1.05 bits per heavy atom. The molecule has 3 aliphatic rings. The number of likely N-dealkylation sites (tertiary alicyclic amines) is 2. The van der Waals surface area contributed by atoms with Gasteiger partial charge in [0.25, 0.3) is 0 Å². The van der Waals surface area contributed by atoms with E-state index in [0.717, 1.165) is 81.4 Å². The van der Waals surface area contributed by atoms with Gasteiger partial charge in [0.2, 0.25) is 5.91 Å². The number of likely N-dealkylation sites (N-methyl/N-ethyl adjacent to an activating group) is 1. The molecule has 11 nitrogen and oxygen atoms in total. The van der Waals surface area contributed by atoms with E-state index in [9.17, 15) is 18.0 Å². The number of aromatic amines is 1. The number of aryl methyl sites for hydroxylation is 1. The third kappa shape index (κ3) is 8.02. The molecule has 1 N–H and O–H groups in total. The first kappa shape index (κ1) is 38.6. The van der Waals surface area contributed by atoms with Gasteiger partial charge >= 0.3 is 12.2 Å². The van der Waals surface area contributed by atoms with E-state index in [2.05, 4.69) is 51.9 Å². The summed E-state index contributed by atoms with van der Waals surface area (Å²) in [5, 5.41) is 8.51. The summed E-state index contributed by atoms with van der Waals surface area (Å²) in [7, 11) is 0. The van der Waals surface area contributed by atoms with Crippen LogP contribution in [0, 0.1) is 12.3 Å². The van der Waals surface area contributed by atoms with Crippen LogP contribution in [0.3, 0.4) is 0 Å². The minimum atomic E-state index is -4.61. The Balaban J connectivity index is 1.29. The van der Waals surface area contributed by atoms with E-state index in [0.29, 0.717) is 54.1 Å². The van der Waals surface area contributed by atoms with E-state index in [1.807, 2.05) is 30.0 Å². The number of piperidine rings is 2. The minimum absolute atomic E-state index is 0.00713. The van der Waals surface area contributed by atoms with E-state index in [1.54, 1.807) is 12.3 Å². The first-order valence-corrected chi connectivity index (χ1v) is 19.4. The lowest BCUT2D eigenvalue weighted by Gasteiger charge is -2.54. The highest BCUT2D eigenvalue weighted by Crippen LogP contribution is 2.48. The lowest BCUT2D eigenvalue weighted by atomic mass is 9.72. The Morgan fingerprint density at radius 3 is 2.44 bits per heavy atom. The zero-order valence-corrected chi connectivity index (χ0v) is 32.1. The average Bonchev–Trinajstić information content (AvgIpc) is 3.65. The largest absolute Gasteiger partial charge is 0.481 e. The molecule has 55 heavy (non-hydrogen) atoms. The quantitative estimate of drug-likeness (QED) is 0.147. The maximum atomic E-state index is 14.0. The molecule has 4 aromatic rings. The highest BCUT2D eigenvalue weighted by atomic mass is 19.4. The average molecular weight is 761 g/mol. The summed E-state index contributed by atoms with van der Waals surface area (Å²) in [6.45, 7) is 20.9. The number of nitrogens with one attached hydrogen (secondary N) is 1. The fourth-order valence-electron chi connectivity index (χ4n) is 8.47. The Labute approximate surface area is 320 Å². The van der Waals surface area contributed by atoms with Gasteiger partial charge in [-0.3, -0.25) is 9.89 Å². The van der Waals surface area contributed by atoms with Crippen molar-refractivity contribution in [3.8, 4) is 22.9 Å². The van der Waals surface area contributed by atoms with Crippen LogP contribution in [0.1, 0.15) is 50.7 Å². The lowest BCUT2D eigenvalue weighted by Crippen LogP contribution is -2.61. The molecule has 2 aromatic heterocycles. The molecule has 0 aliphatic carbocycles. The highest BCUT2D eigenvalue weighted by Gasteiger charge is 2.46. The summed E-state index contributed by atoms with van der Waals surface area (Å²) in [5.41, 5.74) is 3.54. The number of rotatable bonds is 13. The number of alkyl halides is 3. The van der Waals surface area contributed by atoms with Gasteiger partial charge in [0.15, 0.2) is 12.4 Å². The molecule has 5 heterocycles. The topological polar surface area (TPSA) is 103 Å². The number of ether oxygens (including phenoxy) is 2. The predicted molar refractivity (Wildman–Crippen MR) is 210 cm³/mol. The van der Waals surface area contributed by atoms with Crippen LogP contribution in [0.2, 0.25) is 0 Å². The molecule has 1 amide bonds. The van der Waals surface area contributed by atoms with Crippen molar-refractivity contribution in [2.75, 3.05) is 77.0 Å². The number of anilines is 1. The summed E-state index contributed by atoms with van der Waals surface area (Å²) >= 11 is 0. The van der Waals surface area contributed by atoms with Crippen molar-refractivity contribution in [3.05, 3.63) is 54.8 Å². The lowest BCUT2D eigenvalue weighted by molar-refractivity contribution is -0.153. The standard InChI is InChI=1S/C41H51F3N8O3/c1-6-28-22-30-36(37(54-26-41(42,43)44)35(28)34-27(5)10-11-32-31(34)23-45-48-32)46-39(55-29-12-16-50(17-13-29)21-20-49(8-3)9-4)47-38(30)51-18-14-40(15-19-51)24-52(25-40)33(53)7-2/h6-7,10-11,22-23,29H,1-2,8-9,12-21,24-26H2,3-5H3,(H,45,48). The second kappa shape index (κ2) is 15.8. The van der Waals surface area contributed by atoms with Gasteiger partial charge in [-0.2, -0.15) is 28.2 Å². The zero-order valence-electron chi connectivity index (χ0n) is 32.1. The van der Waals surface area contributed by atoms with Crippen molar-refractivity contribution in [2.45, 2.75) is 58.7 Å². The molecule has 3 fully saturated rings. The Kier molecular flexibility index (Phi) is 11.1. The molecule has 3 aliphatic heterocycles. The van der Waals surface area contributed by atoms with Gasteiger partial charge in [-0.25, -0.2) is 0 Å². The molecular formula is C41H51F3N8O3. The van der Waals surface area contributed by atoms with E-state index in [-0.39, 0.29) is 34.7 Å². The second-order valence-electron chi connectivity index (χ2n) is 15.2. The second-order valence-corrected chi connectivity index (χ2v) is 15.2. The summed E-state index contributed by atoms with van der Waals surface area (Å²) in [5.74, 6) is 0.508. The van der Waals surface area contributed by atoms with Crippen LogP contribution in [-0.2, 0) is 4.79 Å². The SMILES string of the molecule is C=CC(=O)N1CC2(CCN(c3nc(OC4CCN(CCN(CC)CC)CC4)nc4c(OCC(F)(F)F)c(-c5c(C)ccc6[nH]ncc56)c(C=C)cc34)CC2)C1. The molecule has 294 valence electrons. The monoisotopic (exact) mass is 760 g/mol. The van der Waals surface area contributed by atoms with Crippen LogP contribution >= 0.6 is 0 Å². The van der Waals surface area contributed by atoms with E-state index < -0.39 is 12.8 Å². The smallest absolute Gasteiger partial charge is 0.422 e. The summed E-state index contributed by atoms with van der Waals surface area (Å²) < 4.78 is 54.5. The molecule has 14 heteroatoms. The molecule has 0 unspecified atom stereocenters. The number of fused-ring (bicyclic) bond motifs is 2. The van der Waals surface area contributed by atoms with E-state index in [1.165, 1.54) is 6.08 Å². The van der Waals surface area contributed by atoms with Gasteiger partial charge in [0.1, 0.15) is 17.4 Å². The van der Waals surface area contributed by atoms with Gasteiger partial charge in [-0.05, 0) is 80.6 Å². The summed E-state index contributed by atoms with van der Waals surface area (Å²) in [6.07, 6.45) is 3.11. The van der Waals surface area contributed by atoms with Crippen LogP contribution in [0.25, 0.3) is 39.0 Å². The number of halogens is 3. The van der Waals surface area contributed by atoms with Crippen molar-refractivity contribution in [3.63, 3.8) is 0 Å². The predicted octanol–water partition coefficient (Wildman–Crippen LogP) is 6.87. The first-order chi connectivity index (χ1) is 26.4. The number of amides is 1. The molecule has 2 aromatic carbocycles. The minimum Gasteiger partial charge on any atom is -0.481 e. The maximum absolute atomic E-state index is 14.0. The van der Waals surface area contributed by atoms with Crippen LogP contribution < -0.4 is 14.4 Å². The number of carbonyl (C=O) groups is 1. The van der Waals surface area contributed by atoms with Crippen LogP contribution in [0.15, 0.2) is 43.6 Å². The number of hydrogen-bond donors (Lipinski definition) is 1. The molecular weight excluding hydrogens is 709 g/mol. The Bertz CT molecular complexity index is 2040. The number of nitrogens with zero attached hydrogens (tertiary/aromatic N) is 7. The van der Waals surface area contributed by atoms with E-state index in [4.69, 9.17) is 19.4 Å². The molecule has 3 saturated heterocycles. The zero-order chi connectivity index (χ0) is 38.9. The number of hydrogen-bond acceptors (Lipinski definition) is 9. The number of carbonyl (C=O) groups excluding carboxylic acids is 1. The fraction of sp³-hybridized carbons (Fsp3) is 0.512. The Morgan fingerprint density at radius 2 is 1.78 bits per heavy atom. The maximum Gasteiger partial charge on any atom is 0.422 e. The first-order valence-electron chi connectivity index (χ1n) is 19.4. The van der Waals surface area contributed by atoms with Crippen LogP contribution in [-0.4, -0.2) is 125 Å². The van der Waals surface area contributed by atoms with Gasteiger partial charge < -0.3 is 29.1 Å². The Hall–Kier alpha value is -4.69. The highest BCUT2D eigenvalue weighted by molar-refractivity contribution is 6.07. The van der Waals surface area contributed by atoms with Gasteiger partial charge in [0.05, 0.1) is 11.7 Å². The van der Waals surface area contributed by atoms with Crippen molar-refractivity contribution < 1.29 is 27.4 Å². The number of benzene rings is 2. The molecule has 0 radical (unpaired) electrons. The van der Waals surface area contributed by atoms with Crippen molar-refractivity contribution in [2.24, 2.45) is 5.41 Å².